The van der Waals surface area contributed by atoms with Gasteiger partial charge in [-0.05, 0) is 99.9 Å². The van der Waals surface area contributed by atoms with Gasteiger partial charge in [-0.25, -0.2) is 0 Å². The van der Waals surface area contributed by atoms with Crippen LogP contribution in [0.5, 0.6) is 0 Å². The fourth-order valence-electron chi connectivity index (χ4n) is 6.83. The van der Waals surface area contributed by atoms with Gasteiger partial charge in [0, 0.05) is 12.0 Å². The monoisotopic (exact) mass is 602 g/mol. The molecule has 0 saturated carbocycles. The van der Waals surface area contributed by atoms with Crippen LogP contribution in [0.25, 0.3) is 0 Å². The molecule has 0 unspecified atom stereocenters. The SMILES string of the molecule is CN(CCCC(CCCN1CCC(c2ccccc2)CC1)(c1ccccc1)c1ccccc1)Cc1ccccc1.Cl.Cl. The first-order valence-corrected chi connectivity index (χ1v) is 15.3. The number of piperidine rings is 1. The highest BCUT2D eigenvalue weighted by Gasteiger charge is 2.33. The number of halogens is 2. The van der Waals surface area contributed by atoms with Crippen LogP contribution in [0, 0.1) is 0 Å². The van der Waals surface area contributed by atoms with E-state index in [1.54, 1.807) is 0 Å². The molecular weight excluding hydrogens is 555 g/mol. The van der Waals surface area contributed by atoms with Crippen molar-refractivity contribution in [2.24, 2.45) is 0 Å². The molecule has 0 amide bonds. The Kier molecular flexibility index (Phi) is 14.1. The van der Waals surface area contributed by atoms with Gasteiger partial charge in [-0.3, -0.25) is 0 Å². The van der Waals surface area contributed by atoms with Gasteiger partial charge >= 0.3 is 0 Å². The zero-order valence-corrected chi connectivity index (χ0v) is 26.7. The first kappa shape index (κ1) is 33.9. The van der Waals surface area contributed by atoms with Crippen molar-refractivity contribution in [2.45, 2.75) is 56.4 Å². The molecule has 4 aromatic rings. The van der Waals surface area contributed by atoms with Crippen molar-refractivity contribution in [2.75, 3.05) is 33.2 Å². The Bertz CT molecular complexity index is 1200. The number of hydrogen-bond donors (Lipinski definition) is 0. The van der Waals surface area contributed by atoms with Crippen molar-refractivity contribution in [1.29, 1.82) is 0 Å². The molecule has 5 rings (SSSR count). The Balaban J connectivity index is 0.00000242. The molecule has 1 aliphatic heterocycles. The van der Waals surface area contributed by atoms with E-state index >= 15 is 0 Å². The lowest BCUT2D eigenvalue weighted by Crippen LogP contribution is -2.35. The zero-order chi connectivity index (χ0) is 27.5. The van der Waals surface area contributed by atoms with Crippen molar-refractivity contribution < 1.29 is 0 Å². The summed E-state index contributed by atoms with van der Waals surface area (Å²) in [5, 5.41) is 0. The second-order valence-corrected chi connectivity index (χ2v) is 11.8. The van der Waals surface area contributed by atoms with Crippen molar-refractivity contribution >= 4 is 24.8 Å². The number of rotatable bonds is 13. The fourth-order valence-corrected chi connectivity index (χ4v) is 6.83. The Morgan fingerprint density at radius 1 is 0.643 bits per heavy atom. The van der Waals surface area contributed by atoms with Crippen LogP contribution in [0.15, 0.2) is 121 Å². The van der Waals surface area contributed by atoms with E-state index in [4.69, 9.17) is 0 Å². The van der Waals surface area contributed by atoms with Gasteiger partial charge < -0.3 is 9.80 Å². The molecule has 0 aliphatic carbocycles. The molecule has 42 heavy (non-hydrogen) atoms. The summed E-state index contributed by atoms with van der Waals surface area (Å²) in [6.07, 6.45) is 7.30. The van der Waals surface area contributed by atoms with E-state index in [0.717, 1.165) is 25.4 Å². The molecule has 1 aliphatic rings. The molecule has 0 aromatic heterocycles. The maximum Gasteiger partial charge on any atom is 0.0230 e. The van der Waals surface area contributed by atoms with E-state index in [-0.39, 0.29) is 30.2 Å². The van der Waals surface area contributed by atoms with Crippen molar-refractivity contribution in [3.63, 3.8) is 0 Å². The smallest absolute Gasteiger partial charge is 0.0230 e. The third-order valence-corrected chi connectivity index (χ3v) is 9.03. The van der Waals surface area contributed by atoms with Crippen LogP contribution >= 0.6 is 24.8 Å². The standard InChI is InChI=1S/C38H46N2.2ClH/c1-39(32-33-16-6-2-7-17-33)28-14-26-38(36-20-10-4-11-21-36,37-22-12-5-13-23-37)27-15-29-40-30-24-35(25-31-40)34-18-8-3-9-19-34;;/h2-13,16-23,35H,14-15,24-32H2,1H3;2*1H. The molecule has 1 fully saturated rings. The number of hydrogen-bond acceptors (Lipinski definition) is 2. The molecule has 2 nitrogen and oxygen atoms in total. The molecule has 224 valence electrons. The molecule has 4 aromatic carbocycles. The first-order chi connectivity index (χ1) is 19.7. The minimum Gasteiger partial charge on any atom is -0.303 e. The highest BCUT2D eigenvalue weighted by atomic mass is 35.5. The molecule has 1 saturated heterocycles. The summed E-state index contributed by atoms with van der Waals surface area (Å²) in [5.41, 5.74) is 5.88. The third kappa shape index (κ3) is 9.19. The quantitative estimate of drug-likeness (QED) is 0.150. The summed E-state index contributed by atoms with van der Waals surface area (Å²) >= 11 is 0. The van der Waals surface area contributed by atoms with Gasteiger partial charge in [0.1, 0.15) is 0 Å². The largest absolute Gasteiger partial charge is 0.303 e. The lowest BCUT2D eigenvalue weighted by Gasteiger charge is -2.38. The molecule has 1 heterocycles. The van der Waals surface area contributed by atoms with Crippen LogP contribution in [0.1, 0.15) is 66.7 Å². The summed E-state index contributed by atoms with van der Waals surface area (Å²) in [4.78, 5) is 5.20. The van der Waals surface area contributed by atoms with Crippen LogP contribution in [0.2, 0.25) is 0 Å². The number of benzene rings is 4. The van der Waals surface area contributed by atoms with Gasteiger partial charge in [-0.1, -0.05) is 121 Å². The molecule has 0 spiro atoms. The van der Waals surface area contributed by atoms with Crippen molar-refractivity contribution in [1.82, 2.24) is 9.80 Å². The fraction of sp³-hybridized carbons (Fsp3) is 0.368. The van der Waals surface area contributed by atoms with E-state index in [1.807, 2.05) is 0 Å². The Morgan fingerprint density at radius 3 is 1.67 bits per heavy atom. The van der Waals surface area contributed by atoms with E-state index < -0.39 is 0 Å². The van der Waals surface area contributed by atoms with Gasteiger partial charge in [0.2, 0.25) is 0 Å². The minimum absolute atomic E-state index is 0. The van der Waals surface area contributed by atoms with Gasteiger partial charge in [-0.2, -0.15) is 0 Å². The summed E-state index contributed by atoms with van der Waals surface area (Å²) < 4.78 is 0. The Morgan fingerprint density at radius 2 is 1.12 bits per heavy atom. The molecule has 0 atom stereocenters. The maximum absolute atomic E-state index is 2.72. The predicted octanol–water partition coefficient (Wildman–Crippen LogP) is 9.39. The highest BCUT2D eigenvalue weighted by Crippen LogP contribution is 2.41. The van der Waals surface area contributed by atoms with Gasteiger partial charge in [0.15, 0.2) is 0 Å². The van der Waals surface area contributed by atoms with Crippen LogP contribution < -0.4 is 0 Å². The van der Waals surface area contributed by atoms with E-state index in [1.165, 1.54) is 74.0 Å². The average Bonchev–Trinajstić information content (AvgIpc) is 3.02. The predicted molar refractivity (Wildman–Crippen MR) is 184 cm³/mol. The van der Waals surface area contributed by atoms with Crippen LogP contribution in [0.3, 0.4) is 0 Å². The van der Waals surface area contributed by atoms with Gasteiger partial charge in [0.05, 0.1) is 0 Å². The Hall–Kier alpha value is -2.62. The maximum atomic E-state index is 2.72. The minimum atomic E-state index is 0. The van der Waals surface area contributed by atoms with E-state index in [2.05, 4.69) is 138 Å². The van der Waals surface area contributed by atoms with Crippen LogP contribution in [-0.2, 0) is 12.0 Å². The number of nitrogens with zero attached hydrogens (tertiary/aromatic N) is 2. The summed E-state index contributed by atoms with van der Waals surface area (Å²) in [7, 11) is 2.26. The average molecular weight is 604 g/mol. The second-order valence-electron chi connectivity index (χ2n) is 11.8. The molecule has 0 N–H and O–H groups in total. The van der Waals surface area contributed by atoms with Gasteiger partial charge in [0.25, 0.3) is 0 Å². The third-order valence-electron chi connectivity index (χ3n) is 9.03. The summed E-state index contributed by atoms with van der Waals surface area (Å²) in [5.74, 6) is 0.720. The van der Waals surface area contributed by atoms with Crippen molar-refractivity contribution in [3.05, 3.63) is 144 Å². The number of likely N-dealkylation sites (tertiary alicyclic amines) is 1. The molecular formula is C38H48Cl2N2. The summed E-state index contributed by atoms with van der Waals surface area (Å²) in [6.45, 7) is 5.73. The highest BCUT2D eigenvalue weighted by molar-refractivity contribution is 5.85. The van der Waals surface area contributed by atoms with Crippen LogP contribution in [-0.4, -0.2) is 43.0 Å². The first-order valence-electron chi connectivity index (χ1n) is 15.3. The van der Waals surface area contributed by atoms with Gasteiger partial charge in [-0.15, -0.1) is 24.8 Å². The lowest BCUT2D eigenvalue weighted by molar-refractivity contribution is 0.202. The van der Waals surface area contributed by atoms with E-state index in [9.17, 15) is 0 Å². The van der Waals surface area contributed by atoms with Crippen molar-refractivity contribution in [3.8, 4) is 0 Å². The van der Waals surface area contributed by atoms with Crippen LogP contribution in [0.4, 0.5) is 0 Å². The summed E-state index contributed by atoms with van der Waals surface area (Å²) in [6, 6.07) is 44.7. The molecule has 0 radical (unpaired) electrons. The Labute approximate surface area is 267 Å². The normalized spacial score (nSPS) is 14.2. The molecule has 0 bridgehead atoms. The zero-order valence-electron chi connectivity index (χ0n) is 25.1. The topological polar surface area (TPSA) is 6.48 Å². The molecule has 4 heteroatoms. The second kappa shape index (κ2) is 17.5. The lowest BCUT2D eigenvalue weighted by atomic mass is 9.68. The van der Waals surface area contributed by atoms with E-state index in [0.29, 0.717) is 0 Å².